The molecule has 5 nitrogen and oxygen atoms in total. The maximum Gasteiger partial charge on any atom is 0.221 e. The monoisotopic (exact) mass is 301 g/mol. The second-order valence-corrected chi connectivity index (χ2v) is 5.69. The Kier molecular flexibility index (Phi) is 4.09. The van der Waals surface area contributed by atoms with Gasteiger partial charge in [-0.3, -0.25) is 0 Å². The summed E-state index contributed by atoms with van der Waals surface area (Å²) in [5.41, 5.74) is 7.27. The number of halogens is 1. The highest BCUT2D eigenvalue weighted by Gasteiger charge is 2.24. The molecule has 0 unspecified atom stereocenters. The van der Waals surface area contributed by atoms with Crippen LogP contribution in [0.4, 0.5) is 21.8 Å². The van der Waals surface area contributed by atoms with E-state index in [-0.39, 0.29) is 11.8 Å². The fraction of sp³-hybridized carbons (Fsp3) is 0.375. The van der Waals surface area contributed by atoms with Crippen LogP contribution in [0.5, 0.6) is 0 Å². The number of rotatable bonds is 4. The third kappa shape index (κ3) is 3.10. The second kappa shape index (κ2) is 6.17. The van der Waals surface area contributed by atoms with Gasteiger partial charge in [-0.25, -0.2) is 9.37 Å². The Morgan fingerprint density at radius 3 is 3.05 bits per heavy atom. The first kappa shape index (κ1) is 14.6. The van der Waals surface area contributed by atoms with E-state index in [0.717, 1.165) is 37.4 Å². The van der Waals surface area contributed by atoms with Crippen molar-refractivity contribution >= 4 is 17.5 Å². The Morgan fingerprint density at radius 2 is 2.23 bits per heavy atom. The van der Waals surface area contributed by atoms with Crippen LogP contribution in [0, 0.1) is 18.7 Å². The molecule has 3 N–H and O–H groups in total. The van der Waals surface area contributed by atoms with E-state index < -0.39 is 0 Å². The van der Waals surface area contributed by atoms with Crippen LogP contribution in [-0.2, 0) is 0 Å². The van der Waals surface area contributed by atoms with Gasteiger partial charge in [0.1, 0.15) is 11.6 Å². The van der Waals surface area contributed by atoms with Crippen LogP contribution in [0.2, 0.25) is 0 Å². The Morgan fingerprint density at radius 1 is 1.41 bits per heavy atom. The van der Waals surface area contributed by atoms with Crippen LogP contribution >= 0.6 is 0 Å². The van der Waals surface area contributed by atoms with Gasteiger partial charge in [0.15, 0.2) is 0 Å². The van der Waals surface area contributed by atoms with Gasteiger partial charge in [-0.2, -0.15) is 4.98 Å². The summed E-state index contributed by atoms with van der Waals surface area (Å²) >= 11 is 0. The van der Waals surface area contributed by atoms with Gasteiger partial charge in [-0.15, -0.1) is 0 Å². The molecule has 2 aromatic rings. The molecule has 0 saturated carbocycles. The number of nitrogen functional groups attached to an aromatic ring is 1. The molecule has 3 rings (SSSR count). The first-order chi connectivity index (χ1) is 10.6. The zero-order valence-electron chi connectivity index (χ0n) is 12.6. The third-order valence-electron chi connectivity index (χ3n) is 4.03. The molecule has 116 valence electrons. The van der Waals surface area contributed by atoms with Crippen LogP contribution < -0.4 is 16.0 Å². The first-order valence-electron chi connectivity index (χ1n) is 7.46. The summed E-state index contributed by atoms with van der Waals surface area (Å²) < 4.78 is 13.8. The number of nitrogens with two attached hydrogens (primary N) is 1. The van der Waals surface area contributed by atoms with Crippen LogP contribution in [0.3, 0.4) is 0 Å². The number of hydrogen-bond acceptors (Lipinski definition) is 5. The van der Waals surface area contributed by atoms with Gasteiger partial charge in [0.2, 0.25) is 5.95 Å². The molecule has 22 heavy (non-hydrogen) atoms. The fourth-order valence-corrected chi connectivity index (χ4v) is 2.80. The maximum atomic E-state index is 13.8. The van der Waals surface area contributed by atoms with Crippen LogP contribution in [0.1, 0.15) is 12.0 Å². The van der Waals surface area contributed by atoms with Gasteiger partial charge < -0.3 is 16.0 Å². The van der Waals surface area contributed by atoms with E-state index in [9.17, 15) is 4.39 Å². The lowest BCUT2D eigenvalue weighted by molar-refractivity contribution is 0.610. The summed E-state index contributed by atoms with van der Waals surface area (Å²) in [6.07, 6.45) is 2.74. The maximum absolute atomic E-state index is 13.8. The van der Waals surface area contributed by atoms with E-state index >= 15 is 0 Å². The molecule has 0 aliphatic carbocycles. The molecular weight excluding hydrogens is 281 g/mol. The van der Waals surface area contributed by atoms with E-state index in [1.165, 1.54) is 6.07 Å². The van der Waals surface area contributed by atoms with E-state index in [4.69, 9.17) is 5.73 Å². The van der Waals surface area contributed by atoms with Crippen molar-refractivity contribution in [2.45, 2.75) is 13.3 Å². The minimum absolute atomic E-state index is 0.157. The summed E-state index contributed by atoms with van der Waals surface area (Å²) in [6.45, 7) is 4.45. The molecule has 1 fully saturated rings. The smallest absolute Gasteiger partial charge is 0.221 e. The van der Waals surface area contributed by atoms with Crippen molar-refractivity contribution in [3.05, 3.63) is 41.8 Å². The van der Waals surface area contributed by atoms with E-state index in [2.05, 4.69) is 20.2 Å². The van der Waals surface area contributed by atoms with E-state index in [0.29, 0.717) is 11.6 Å². The quantitative estimate of drug-likeness (QED) is 0.908. The van der Waals surface area contributed by atoms with Crippen molar-refractivity contribution in [3.63, 3.8) is 0 Å². The zero-order valence-corrected chi connectivity index (χ0v) is 12.6. The summed E-state index contributed by atoms with van der Waals surface area (Å²) in [6, 6.07) is 6.93. The molecule has 1 aliphatic heterocycles. The number of benzene rings is 1. The highest BCUT2D eigenvalue weighted by molar-refractivity contribution is 5.49. The SMILES string of the molecule is Cc1cnc(N)nc1NC[C@H]1CCN(c2ccccc2F)C1. The summed E-state index contributed by atoms with van der Waals surface area (Å²) in [5, 5.41) is 3.33. The Bertz CT molecular complexity index is 661. The molecule has 0 bridgehead atoms. The lowest BCUT2D eigenvalue weighted by Crippen LogP contribution is -2.23. The molecular formula is C16H20FN5. The van der Waals surface area contributed by atoms with E-state index in [1.54, 1.807) is 12.3 Å². The lowest BCUT2D eigenvalue weighted by atomic mass is 10.1. The topological polar surface area (TPSA) is 67.1 Å². The molecule has 1 saturated heterocycles. The molecule has 0 radical (unpaired) electrons. The molecule has 0 amide bonds. The van der Waals surface area contributed by atoms with Gasteiger partial charge in [-0.1, -0.05) is 12.1 Å². The van der Waals surface area contributed by atoms with Gasteiger partial charge >= 0.3 is 0 Å². The predicted molar refractivity (Wildman–Crippen MR) is 86.4 cm³/mol. The van der Waals surface area contributed by atoms with Crippen molar-refractivity contribution in [1.82, 2.24) is 9.97 Å². The van der Waals surface area contributed by atoms with Crippen LogP contribution in [-0.4, -0.2) is 29.6 Å². The second-order valence-electron chi connectivity index (χ2n) is 5.69. The fourth-order valence-electron chi connectivity index (χ4n) is 2.80. The van der Waals surface area contributed by atoms with Crippen molar-refractivity contribution in [1.29, 1.82) is 0 Å². The normalized spacial score (nSPS) is 17.7. The third-order valence-corrected chi connectivity index (χ3v) is 4.03. The minimum Gasteiger partial charge on any atom is -0.369 e. The van der Waals surface area contributed by atoms with E-state index in [1.807, 2.05) is 19.1 Å². The lowest BCUT2D eigenvalue weighted by Gasteiger charge is -2.19. The summed E-state index contributed by atoms with van der Waals surface area (Å²) in [4.78, 5) is 10.3. The summed E-state index contributed by atoms with van der Waals surface area (Å²) in [7, 11) is 0. The molecule has 6 heteroatoms. The number of nitrogens with one attached hydrogen (secondary N) is 1. The number of aromatic nitrogens is 2. The molecule has 0 spiro atoms. The molecule has 1 aromatic carbocycles. The largest absolute Gasteiger partial charge is 0.369 e. The molecule has 1 aromatic heterocycles. The van der Waals surface area contributed by atoms with Gasteiger partial charge in [-0.05, 0) is 31.4 Å². The minimum atomic E-state index is -0.157. The highest BCUT2D eigenvalue weighted by atomic mass is 19.1. The van der Waals surface area contributed by atoms with Gasteiger partial charge in [0.05, 0.1) is 5.69 Å². The first-order valence-corrected chi connectivity index (χ1v) is 7.46. The van der Waals surface area contributed by atoms with Crippen molar-refractivity contribution < 1.29 is 4.39 Å². The Hall–Kier alpha value is -2.37. The van der Waals surface area contributed by atoms with Crippen LogP contribution in [0.25, 0.3) is 0 Å². The van der Waals surface area contributed by atoms with Gasteiger partial charge in [0, 0.05) is 31.4 Å². The summed E-state index contributed by atoms with van der Waals surface area (Å²) in [5.74, 6) is 1.34. The number of hydrogen-bond donors (Lipinski definition) is 2. The average molecular weight is 301 g/mol. The number of para-hydroxylation sites is 1. The highest BCUT2D eigenvalue weighted by Crippen LogP contribution is 2.26. The Labute approximate surface area is 129 Å². The van der Waals surface area contributed by atoms with Crippen molar-refractivity contribution in [3.8, 4) is 0 Å². The molecule has 2 heterocycles. The Balaban J connectivity index is 1.60. The molecule has 1 aliphatic rings. The standard InChI is InChI=1S/C16H20FN5/c1-11-8-20-16(18)21-15(11)19-9-12-6-7-22(10-12)14-5-3-2-4-13(14)17/h2-5,8,12H,6-7,9-10H2,1H3,(H3,18,19,20,21)/t12-/m1/s1. The van der Waals surface area contributed by atoms with Gasteiger partial charge in [0.25, 0.3) is 0 Å². The number of anilines is 3. The number of nitrogens with zero attached hydrogens (tertiary/aromatic N) is 3. The number of aryl methyl sites for hydroxylation is 1. The van der Waals surface area contributed by atoms with Crippen LogP contribution in [0.15, 0.2) is 30.5 Å². The zero-order chi connectivity index (χ0) is 15.5. The average Bonchev–Trinajstić information content (AvgIpc) is 2.97. The van der Waals surface area contributed by atoms with Crippen molar-refractivity contribution in [2.24, 2.45) is 5.92 Å². The predicted octanol–water partition coefficient (Wildman–Crippen LogP) is 2.44. The molecule has 1 atom stereocenters. The van der Waals surface area contributed by atoms with Crippen molar-refractivity contribution in [2.75, 3.05) is 35.6 Å².